The monoisotopic (exact) mass is 563 g/mol. The average molecular weight is 564 g/mol. The van der Waals surface area contributed by atoms with Crippen LogP contribution in [0.2, 0.25) is 0 Å². The highest BCUT2D eigenvalue weighted by Gasteiger charge is 2.52. The van der Waals surface area contributed by atoms with E-state index in [1.165, 1.54) is 0 Å². The van der Waals surface area contributed by atoms with Crippen molar-refractivity contribution in [1.29, 1.82) is 0 Å². The van der Waals surface area contributed by atoms with Crippen molar-refractivity contribution in [3.8, 4) is 5.75 Å². The maximum atomic E-state index is 14.0. The third-order valence-corrected chi connectivity index (χ3v) is 11.6. The van der Waals surface area contributed by atoms with Gasteiger partial charge in [0, 0.05) is 25.1 Å². The molecule has 3 aliphatic rings. The van der Waals surface area contributed by atoms with E-state index in [1.54, 1.807) is 34.1 Å². The van der Waals surface area contributed by atoms with Gasteiger partial charge in [-0.3, -0.25) is 19.6 Å². The lowest BCUT2D eigenvalue weighted by Gasteiger charge is -2.53. The Labute approximate surface area is 230 Å². The van der Waals surface area contributed by atoms with Crippen LogP contribution in [0.4, 0.5) is 14.6 Å². The van der Waals surface area contributed by atoms with Crippen LogP contribution in [0.15, 0.2) is 30.3 Å². The Morgan fingerprint density at radius 1 is 1.15 bits per heavy atom. The van der Waals surface area contributed by atoms with Gasteiger partial charge < -0.3 is 15.0 Å². The van der Waals surface area contributed by atoms with E-state index in [4.69, 9.17) is 4.74 Å². The van der Waals surface area contributed by atoms with Crippen LogP contribution in [0.5, 0.6) is 5.75 Å². The number of para-hydroxylation sites is 1. The number of aromatic amines is 1. The highest BCUT2D eigenvalue weighted by Crippen LogP contribution is 2.60. The lowest BCUT2D eigenvalue weighted by molar-refractivity contribution is -0.145. The van der Waals surface area contributed by atoms with Gasteiger partial charge in [-0.15, -0.1) is 0 Å². The fourth-order valence-electron chi connectivity index (χ4n) is 6.01. The summed E-state index contributed by atoms with van der Waals surface area (Å²) in [5, 5.41) is 10.6. The molecule has 1 saturated heterocycles. The number of likely N-dealkylation sites (tertiary alicyclic amines) is 1. The highest BCUT2D eigenvalue weighted by molar-refractivity contribution is 8.33. The smallest absolute Gasteiger partial charge is 0.266 e. The minimum absolute atomic E-state index is 0.00613. The molecule has 1 aliphatic carbocycles. The molecule has 2 amide bonds. The largest absolute Gasteiger partial charge is 0.479 e. The molecule has 2 aromatic rings. The molecule has 0 radical (unpaired) electrons. The minimum atomic E-state index is -2.77. The first kappa shape index (κ1) is 27.9. The number of carbonyl (C=O) groups excluding carboxylic acids is 2. The van der Waals surface area contributed by atoms with Gasteiger partial charge >= 0.3 is 0 Å². The molecule has 1 aromatic heterocycles. The molecule has 39 heavy (non-hydrogen) atoms. The molecule has 1 saturated carbocycles. The Bertz CT molecular complexity index is 1240. The number of nitrogens with one attached hydrogen (secondary N) is 2. The Balaban J connectivity index is 1.37. The second-order valence-corrected chi connectivity index (χ2v) is 16.8. The maximum Gasteiger partial charge on any atom is 0.266 e. The van der Waals surface area contributed by atoms with Crippen molar-refractivity contribution >= 4 is 27.7 Å². The zero-order valence-electron chi connectivity index (χ0n) is 23.4. The number of amides is 2. The molecular formula is C28H39F2N5O3S. The van der Waals surface area contributed by atoms with Crippen molar-refractivity contribution in [3.63, 3.8) is 0 Å². The second kappa shape index (κ2) is 9.76. The molecule has 1 atom stereocenters. The second-order valence-electron chi connectivity index (χ2n) is 12.3. The predicted molar refractivity (Wildman–Crippen MR) is 150 cm³/mol. The first-order valence-corrected chi connectivity index (χ1v) is 16.3. The number of hydrogen-bond donors (Lipinski definition) is 2. The van der Waals surface area contributed by atoms with Crippen LogP contribution < -0.4 is 10.1 Å². The van der Waals surface area contributed by atoms with E-state index < -0.39 is 34.1 Å². The normalized spacial score (nSPS) is 22.6. The van der Waals surface area contributed by atoms with Crippen LogP contribution in [-0.2, 0) is 21.7 Å². The molecule has 2 N–H and O–H groups in total. The Morgan fingerprint density at radius 2 is 1.85 bits per heavy atom. The zero-order valence-corrected chi connectivity index (χ0v) is 24.2. The summed E-state index contributed by atoms with van der Waals surface area (Å²) in [4.78, 5) is 30.8. The summed E-state index contributed by atoms with van der Waals surface area (Å²) >= 11 is 0. The number of aromatic nitrogens is 2. The topological polar surface area (TPSA) is 90.6 Å². The van der Waals surface area contributed by atoms with Gasteiger partial charge in [0.1, 0.15) is 5.75 Å². The Kier molecular flexibility index (Phi) is 6.98. The molecule has 1 aromatic carbocycles. The van der Waals surface area contributed by atoms with Gasteiger partial charge in [0.2, 0.25) is 5.91 Å². The van der Waals surface area contributed by atoms with Gasteiger partial charge in [0.25, 0.3) is 11.8 Å². The van der Waals surface area contributed by atoms with Crippen molar-refractivity contribution in [2.24, 2.45) is 0 Å². The number of benzene rings is 1. The summed E-state index contributed by atoms with van der Waals surface area (Å²) in [6.45, 7) is 3.92. The number of H-pyrrole nitrogens is 1. The molecule has 2 aliphatic heterocycles. The third kappa shape index (κ3) is 5.03. The minimum Gasteiger partial charge on any atom is -0.479 e. The quantitative estimate of drug-likeness (QED) is 0.499. The fraction of sp³-hybridized carbons (Fsp3) is 0.607. The number of hydrogen-bond acceptors (Lipinski definition) is 5. The van der Waals surface area contributed by atoms with Crippen LogP contribution in [0.25, 0.3) is 0 Å². The molecule has 0 spiro atoms. The number of halogens is 2. The van der Waals surface area contributed by atoms with Crippen molar-refractivity contribution in [3.05, 3.63) is 41.6 Å². The van der Waals surface area contributed by atoms with Gasteiger partial charge in [0.15, 0.2) is 11.9 Å². The van der Waals surface area contributed by atoms with Gasteiger partial charge in [-0.25, -0.2) is 18.8 Å². The highest BCUT2D eigenvalue weighted by atomic mass is 32.3. The summed E-state index contributed by atoms with van der Waals surface area (Å²) in [6.07, 6.45) is 8.10. The van der Waals surface area contributed by atoms with E-state index in [1.807, 2.05) is 19.9 Å². The number of ether oxygens (including phenoxy) is 1. The summed E-state index contributed by atoms with van der Waals surface area (Å²) < 4.78 is 33.6. The maximum absolute atomic E-state index is 14.0. The molecule has 0 bridgehead atoms. The molecule has 214 valence electrons. The van der Waals surface area contributed by atoms with Crippen molar-refractivity contribution in [1.82, 2.24) is 20.0 Å². The van der Waals surface area contributed by atoms with E-state index in [0.29, 0.717) is 11.6 Å². The summed E-state index contributed by atoms with van der Waals surface area (Å²) in [5.74, 6) is -2.12. The zero-order chi connectivity index (χ0) is 28.2. The number of rotatable bonds is 8. The summed E-state index contributed by atoms with van der Waals surface area (Å²) in [5.41, 5.74) is 0.758. The molecule has 5 rings (SSSR count). The van der Waals surface area contributed by atoms with Gasteiger partial charge in [-0.05, 0) is 64.0 Å². The first-order valence-electron chi connectivity index (χ1n) is 13.4. The lowest BCUT2D eigenvalue weighted by Crippen LogP contribution is -2.52. The Morgan fingerprint density at radius 3 is 2.41 bits per heavy atom. The molecule has 3 heterocycles. The summed E-state index contributed by atoms with van der Waals surface area (Å²) in [6, 6.07) is 8.96. The number of carbonyl (C=O) groups is 2. The van der Waals surface area contributed by atoms with E-state index in [2.05, 4.69) is 34.3 Å². The number of fused-ring (bicyclic) bond motifs is 1. The fourth-order valence-corrected chi connectivity index (χ4v) is 8.13. The molecule has 2 fully saturated rings. The third-order valence-electron chi connectivity index (χ3n) is 8.68. The van der Waals surface area contributed by atoms with Crippen molar-refractivity contribution < 1.29 is 23.1 Å². The predicted octanol–water partition coefficient (Wildman–Crippen LogP) is 4.33. The molecule has 11 heteroatoms. The van der Waals surface area contributed by atoms with E-state index in [-0.39, 0.29) is 42.6 Å². The summed E-state index contributed by atoms with van der Waals surface area (Å²) in [7, 11) is -1.14. The van der Waals surface area contributed by atoms with Crippen molar-refractivity contribution in [2.75, 3.05) is 43.7 Å². The number of anilines is 1. The SMILES string of the molecule is CC1(C)c2[nH]nc(NC(=O)C3(S(C)(C)C)CCC3)c2CN1C(=O)C(CN1CCC(F)(F)C1)Oc1ccccc1. The number of nitrogens with zero attached hydrogens (tertiary/aromatic N) is 3. The standard InChI is InChI=1S/C28H39F2N5O3S/c1-26(2)22-20(23(33-32-22)31-25(37)27(12-9-13-27)39(3,4)5)16-35(26)24(36)21(38-19-10-7-6-8-11-19)17-34-15-14-28(29,30)18-34/h6-8,10-11,21H,9,12-18H2,1-5H3,(H2,31,32,33,37). The van der Waals surface area contributed by atoms with E-state index >= 15 is 0 Å². The van der Waals surface area contributed by atoms with Gasteiger partial charge in [-0.2, -0.15) is 5.10 Å². The van der Waals surface area contributed by atoms with Gasteiger partial charge in [-0.1, -0.05) is 18.2 Å². The lowest BCUT2D eigenvalue weighted by atomic mass is 9.83. The molecule has 1 unspecified atom stereocenters. The van der Waals surface area contributed by atoms with Crippen LogP contribution in [0, 0.1) is 0 Å². The van der Waals surface area contributed by atoms with Gasteiger partial charge in [0.05, 0.1) is 29.1 Å². The van der Waals surface area contributed by atoms with Crippen LogP contribution in [0.1, 0.15) is 50.8 Å². The van der Waals surface area contributed by atoms with E-state index in [9.17, 15) is 18.4 Å². The number of alkyl halides is 2. The first-order chi connectivity index (χ1) is 18.2. The molecular weight excluding hydrogens is 524 g/mol. The van der Waals surface area contributed by atoms with Crippen LogP contribution in [0.3, 0.4) is 0 Å². The van der Waals surface area contributed by atoms with Crippen molar-refractivity contribution in [2.45, 2.75) is 68.4 Å². The molecule has 8 nitrogen and oxygen atoms in total. The van der Waals surface area contributed by atoms with E-state index in [0.717, 1.165) is 30.5 Å². The Hall–Kier alpha value is -2.66. The average Bonchev–Trinajstić information content (AvgIpc) is 3.45. The van der Waals surface area contributed by atoms with Crippen LogP contribution in [-0.4, -0.2) is 87.0 Å². The van der Waals surface area contributed by atoms with Crippen LogP contribution >= 0.6 is 10.0 Å².